The number of aryl methyl sites for hydroxylation is 1. The van der Waals surface area contributed by atoms with Crippen LogP contribution in [-0.2, 0) is 11.8 Å². The van der Waals surface area contributed by atoms with Crippen LogP contribution in [0.25, 0.3) is 0 Å². The average Bonchev–Trinajstić information content (AvgIpc) is 2.97. The minimum Gasteiger partial charge on any atom is -0.422 e. The smallest absolute Gasteiger partial charge is 0.270 e. The summed E-state index contributed by atoms with van der Waals surface area (Å²) in [5.74, 6) is 2.24. The number of hydrogen-bond donors (Lipinski definition) is 0. The molecule has 2 aromatic heterocycles. The van der Waals surface area contributed by atoms with Gasteiger partial charge in [-0.05, 0) is 31.4 Å². The Balaban J connectivity index is 1.25. The highest BCUT2D eigenvalue weighted by Crippen LogP contribution is 2.43. The number of fused-ring (bicyclic) bond motifs is 1. The largest absolute Gasteiger partial charge is 0.422 e. The lowest BCUT2D eigenvalue weighted by Gasteiger charge is -2.18. The molecule has 3 aliphatic rings. The summed E-state index contributed by atoms with van der Waals surface area (Å²) >= 11 is 0. The second kappa shape index (κ2) is 5.17. The minimum absolute atomic E-state index is 0.0653. The molecule has 1 aliphatic carbocycles. The van der Waals surface area contributed by atoms with Crippen molar-refractivity contribution in [2.75, 3.05) is 13.1 Å². The number of ether oxygens (including phenoxy) is 1. The molecule has 24 heavy (non-hydrogen) atoms. The molecular weight excluding hydrogens is 308 g/mol. The molecule has 2 aromatic rings. The number of carbonyl (C=O) groups excluding carboxylic acids is 1. The third kappa shape index (κ3) is 2.26. The van der Waals surface area contributed by atoms with Crippen molar-refractivity contribution in [3.8, 4) is 0 Å². The maximum Gasteiger partial charge on any atom is 0.270 e. The molecule has 0 unspecified atom stereocenters. The second-order valence-corrected chi connectivity index (χ2v) is 7.13. The lowest BCUT2D eigenvalue weighted by molar-refractivity contribution is 0.0220. The fraction of sp³-hybridized carbons (Fsp3) is 0.588. The number of likely N-dealkylation sites (tertiary alicyclic amines) is 1. The lowest BCUT2D eigenvalue weighted by Crippen LogP contribution is -2.32. The second-order valence-electron chi connectivity index (χ2n) is 7.13. The quantitative estimate of drug-likeness (QED) is 0.860. The summed E-state index contributed by atoms with van der Waals surface area (Å²) in [5, 5.41) is 8.31. The van der Waals surface area contributed by atoms with Gasteiger partial charge in [-0.25, -0.2) is 0 Å². The van der Waals surface area contributed by atoms with E-state index in [4.69, 9.17) is 9.15 Å². The van der Waals surface area contributed by atoms with Gasteiger partial charge < -0.3 is 18.6 Å². The lowest BCUT2D eigenvalue weighted by atomic mass is 10.0. The zero-order valence-electron chi connectivity index (χ0n) is 13.6. The number of rotatable bonds is 3. The number of nitrogens with zero attached hydrogens (tertiary/aromatic N) is 4. The first-order valence-corrected chi connectivity index (χ1v) is 8.58. The van der Waals surface area contributed by atoms with Crippen molar-refractivity contribution in [2.45, 2.75) is 37.4 Å². The molecule has 2 aliphatic heterocycles. The fourth-order valence-corrected chi connectivity index (χ4v) is 3.81. The highest BCUT2D eigenvalue weighted by molar-refractivity contribution is 5.93. The van der Waals surface area contributed by atoms with Gasteiger partial charge in [0.25, 0.3) is 5.91 Å². The molecule has 7 heteroatoms. The zero-order chi connectivity index (χ0) is 16.3. The van der Waals surface area contributed by atoms with Gasteiger partial charge in [0.15, 0.2) is 0 Å². The van der Waals surface area contributed by atoms with Gasteiger partial charge in [0, 0.05) is 38.2 Å². The molecule has 5 rings (SSSR count). The maximum atomic E-state index is 12.6. The first-order valence-electron chi connectivity index (χ1n) is 8.58. The Bertz CT molecular complexity index is 764. The number of amides is 1. The summed E-state index contributed by atoms with van der Waals surface area (Å²) in [7, 11) is 1.89. The number of aromatic nitrogens is 3. The van der Waals surface area contributed by atoms with E-state index in [1.165, 1.54) is 0 Å². The van der Waals surface area contributed by atoms with Crippen LogP contribution in [0.1, 0.15) is 53.6 Å². The van der Waals surface area contributed by atoms with E-state index in [1.807, 2.05) is 34.8 Å². The molecule has 4 heterocycles. The van der Waals surface area contributed by atoms with Crippen LogP contribution in [0.4, 0.5) is 0 Å². The fourth-order valence-electron chi connectivity index (χ4n) is 3.81. The standard InChI is InChI=1S/C17H20N4O3/c1-20-6-2-3-12(20)17(22)21-8-11-7-13(23-14(11)9-21)16-19-18-15(24-16)10-4-5-10/h2-3,6,10-11,13-14H,4-5,7-9H2,1H3/t11-,13-,14+/m0/s1. The Morgan fingerprint density at radius 3 is 2.79 bits per heavy atom. The highest BCUT2D eigenvalue weighted by Gasteiger charge is 2.46. The van der Waals surface area contributed by atoms with Crippen LogP contribution in [0.15, 0.2) is 22.7 Å². The zero-order valence-corrected chi connectivity index (χ0v) is 13.6. The normalized spacial score (nSPS) is 29.2. The van der Waals surface area contributed by atoms with Crippen LogP contribution in [0, 0.1) is 5.92 Å². The number of carbonyl (C=O) groups is 1. The van der Waals surface area contributed by atoms with Gasteiger partial charge in [-0.15, -0.1) is 10.2 Å². The van der Waals surface area contributed by atoms with Gasteiger partial charge in [0.1, 0.15) is 11.8 Å². The maximum absolute atomic E-state index is 12.6. The Morgan fingerprint density at radius 2 is 2.08 bits per heavy atom. The molecule has 7 nitrogen and oxygen atoms in total. The topological polar surface area (TPSA) is 73.4 Å². The molecule has 0 radical (unpaired) electrons. The first-order chi connectivity index (χ1) is 11.7. The minimum atomic E-state index is -0.118. The Kier molecular flexibility index (Phi) is 3.06. The van der Waals surface area contributed by atoms with Crippen molar-refractivity contribution < 1.29 is 13.9 Å². The Hall–Kier alpha value is -2.15. The monoisotopic (exact) mass is 328 g/mol. The van der Waals surface area contributed by atoms with E-state index in [0.29, 0.717) is 24.3 Å². The number of hydrogen-bond acceptors (Lipinski definition) is 5. The SMILES string of the molecule is Cn1cccc1C(=O)N1C[C@@H]2C[C@@H](c3nnc(C4CC4)o3)O[C@@H]2C1. The van der Waals surface area contributed by atoms with Gasteiger partial charge in [-0.1, -0.05) is 0 Å². The van der Waals surface area contributed by atoms with Crippen molar-refractivity contribution in [2.24, 2.45) is 13.0 Å². The van der Waals surface area contributed by atoms with Crippen LogP contribution in [0.5, 0.6) is 0 Å². The van der Waals surface area contributed by atoms with Gasteiger partial charge in [0.2, 0.25) is 11.8 Å². The average molecular weight is 328 g/mol. The molecule has 0 bridgehead atoms. The van der Waals surface area contributed by atoms with Crippen molar-refractivity contribution >= 4 is 5.91 Å². The van der Waals surface area contributed by atoms with Crippen LogP contribution in [-0.4, -0.2) is 44.8 Å². The Morgan fingerprint density at radius 1 is 1.25 bits per heavy atom. The molecular formula is C17H20N4O3. The predicted molar refractivity (Wildman–Crippen MR) is 83.3 cm³/mol. The summed E-state index contributed by atoms with van der Waals surface area (Å²) in [6.45, 7) is 1.36. The van der Waals surface area contributed by atoms with Crippen molar-refractivity contribution in [3.63, 3.8) is 0 Å². The van der Waals surface area contributed by atoms with Crippen LogP contribution < -0.4 is 0 Å². The van der Waals surface area contributed by atoms with Crippen LogP contribution in [0.3, 0.4) is 0 Å². The van der Waals surface area contributed by atoms with Crippen LogP contribution >= 0.6 is 0 Å². The first kappa shape index (κ1) is 14.2. The summed E-state index contributed by atoms with van der Waals surface area (Å²) < 4.78 is 13.7. The van der Waals surface area contributed by atoms with Gasteiger partial charge in [-0.3, -0.25) is 4.79 Å². The van der Waals surface area contributed by atoms with E-state index in [1.54, 1.807) is 0 Å². The highest BCUT2D eigenvalue weighted by atomic mass is 16.5. The van der Waals surface area contributed by atoms with Crippen molar-refractivity contribution in [1.29, 1.82) is 0 Å². The third-order valence-electron chi connectivity index (χ3n) is 5.35. The van der Waals surface area contributed by atoms with Gasteiger partial charge in [0.05, 0.1) is 6.10 Å². The summed E-state index contributed by atoms with van der Waals surface area (Å²) in [5.41, 5.74) is 0.720. The third-order valence-corrected chi connectivity index (χ3v) is 5.35. The Labute approximate surface area is 139 Å². The molecule has 3 fully saturated rings. The van der Waals surface area contributed by atoms with Gasteiger partial charge >= 0.3 is 0 Å². The van der Waals surface area contributed by atoms with E-state index in [0.717, 1.165) is 37.4 Å². The summed E-state index contributed by atoms with van der Waals surface area (Å²) in [6, 6.07) is 3.75. The summed E-state index contributed by atoms with van der Waals surface area (Å²) in [4.78, 5) is 14.5. The molecule has 0 spiro atoms. The molecule has 1 saturated carbocycles. The van der Waals surface area contributed by atoms with Crippen molar-refractivity contribution in [1.82, 2.24) is 19.7 Å². The van der Waals surface area contributed by atoms with E-state index < -0.39 is 0 Å². The van der Waals surface area contributed by atoms with Crippen molar-refractivity contribution in [3.05, 3.63) is 35.8 Å². The predicted octanol–water partition coefficient (Wildman–Crippen LogP) is 1.89. The van der Waals surface area contributed by atoms with E-state index in [-0.39, 0.29) is 18.1 Å². The van der Waals surface area contributed by atoms with E-state index in [9.17, 15) is 4.79 Å². The summed E-state index contributed by atoms with van der Waals surface area (Å²) in [6.07, 6.45) is 4.98. The van der Waals surface area contributed by atoms with Gasteiger partial charge in [-0.2, -0.15) is 0 Å². The molecule has 0 N–H and O–H groups in total. The van der Waals surface area contributed by atoms with Crippen LogP contribution in [0.2, 0.25) is 0 Å². The van der Waals surface area contributed by atoms with E-state index >= 15 is 0 Å². The molecule has 1 amide bonds. The molecule has 126 valence electrons. The van der Waals surface area contributed by atoms with E-state index in [2.05, 4.69) is 10.2 Å². The molecule has 3 atom stereocenters. The molecule has 0 aromatic carbocycles. The molecule has 2 saturated heterocycles.